The van der Waals surface area contributed by atoms with Crippen LogP contribution >= 0.6 is 0 Å². The summed E-state index contributed by atoms with van der Waals surface area (Å²) in [4.78, 5) is 13.4. The fourth-order valence-corrected chi connectivity index (χ4v) is 2.68. The molecule has 0 bridgehead atoms. The first kappa shape index (κ1) is 18.7. The molecule has 0 radical (unpaired) electrons. The summed E-state index contributed by atoms with van der Waals surface area (Å²) in [6.45, 7) is 9.13. The van der Waals surface area contributed by atoms with Gasteiger partial charge in [-0.1, -0.05) is 12.7 Å². The molecule has 2 N–H and O–H groups in total. The molecule has 1 aromatic carbocycles. The number of quaternary nitrogens is 1. The molecule has 1 heterocycles. The van der Waals surface area contributed by atoms with Crippen LogP contribution in [0.2, 0.25) is 0 Å². The lowest BCUT2D eigenvalue weighted by molar-refractivity contribution is -0.885. The third-order valence-electron chi connectivity index (χ3n) is 4.03. The number of anilines is 1. The molecular weight excluding hydrogens is 316 g/mol. The second kappa shape index (κ2) is 8.48. The van der Waals surface area contributed by atoms with Gasteiger partial charge in [0.2, 0.25) is 0 Å². The van der Waals surface area contributed by atoms with Crippen LogP contribution in [0.1, 0.15) is 17.0 Å². The van der Waals surface area contributed by atoms with Gasteiger partial charge in [0, 0.05) is 12.6 Å². The number of amides is 1. The molecule has 2 aromatic rings. The number of aryl methyl sites for hydroxylation is 2. The van der Waals surface area contributed by atoms with Gasteiger partial charge in [-0.2, -0.15) is 5.10 Å². The lowest BCUT2D eigenvalue weighted by Gasteiger charge is -2.14. The molecule has 134 valence electrons. The Bertz CT molecular complexity index is 735. The Kier molecular flexibility index (Phi) is 6.36. The van der Waals surface area contributed by atoms with Gasteiger partial charge in [0.05, 0.1) is 24.1 Å². The van der Waals surface area contributed by atoms with Gasteiger partial charge in [-0.3, -0.25) is 9.48 Å². The number of likely N-dealkylation sites (N-methyl/N-ethyl adjacent to an activating group) is 1. The molecule has 0 aliphatic carbocycles. The summed E-state index contributed by atoms with van der Waals surface area (Å²) in [6, 6.07) is 7.92. The molecule has 0 aliphatic rings. The third kappa shape index (κ3) is 5.19. The number of hydrogen-bond acceptors (Lipinski definition) is 3. The minimum atomic E-state index is -0.0114. The van der Waals surface area contributed by atoms with E-state index in [1.165, 1.54) is 0 Å². The van der Waals surface area contributed by atoms with Crippen LogP contribution in [0.5, 0.6) is 5.75 Å². The van der Waals surface area contributed by atoms with Crippen molar-refractivity contribution in [3.8, 4) is 5.75 Å². The van der Waals surface area contributed by atoms with Crippen LogP contribution in [0, 0.1) is 13.8 Å². The second-order valence-electron chi connectivity index (χ2n) is 6.27. The number of aromatic nitrogens is 2. The highest BCUT2D eigenvalue weighted by molar-refractivity contribution is 5.92. The minimum absolute atomic E-state index is 0.0114. The Morgan fingerprint density at radius 3 is 2.60 bits per heavy atom. The van der Waals surface area contributed by atoms with Crippen molar-refractivity contribution in [3.63, 3.8) is 0 Å². The zero-order valence-corrected chi connectivity index (χ0v) is 15.4. The standard InChI is InChI=1S/C19H26N4O2/c1-6-11-25-17-9-7-16(8-10-17)12-22(4)13-18(24)20-19-14(2)21-23(5)15(19)3/h6-10H,1,11-13H2,2-5H3,(H,20,24)/p+1. The summed E-state index contributed by atoms with van der Waals surface area (Å²) < 4.78 is 7.25. The van der Waals surface area contributed by atoms with E-state index in [0.717, 1.165) is 39.8 Å². The van der Waals surface area contributed by atoms with Crippen molar-refractivity contribution >= 4 is 11.6 Å². The zero-order chi connectivity index (χ0) is 18.4. The van der Waals surface area contributed by atoms with Gasteiger partial charge in [-0.25, -0.2) is 0 Å². The van der Waals surface area contributed by atoms with Gasteiger partial charge < -0.3 is 15.0 Å². The molecule has 2 rings (SSSR count). The molecule has 25 heavy (non-hydrogen) atoms. The van der Waals surface area contributed by atoms with Crippen molar-refractivity contribution in [1.82, 2.24) is 9.78 Å². The summed E-state index contributed by atoms with van der Waals surface area (Å²) in [5, 5.41) is 7.29. The molecule has 0 spiro atoms. The highest BCUT2D eigenvalue weighted by atomic mass is 16.5. The maximum Gasteiger partial charge on any atom is 0.279 e. The number of nitrogens with one attached hydrogen (secondary N) is 2. The number of rotatable bonds is 8. The van der Waals surface area contributed by atoms with E-state index in [4.69, 9.17) is 4.74 Å². The largest absolute Gasteiger partial charge is 0.490 e. The molecule has 1 aromatic heterocycles. The van der Waals surface area contributed by atoms with Crippen molar-refractivity contribution < 1.29 is 14.4 Å². The zero-order valence-electron chi connectivity index (χ0n) is 15.4. The molecule has 0 saturated heterocycles. The number of nitrogens with zero attached hydrogens (tertiary/aromatic N) is 2. The van der Waals surface area contributed by atoms with Crippen LogP contribution in [0.3, 0.4) is 0 Å². The molecule has 0 saturated carbocycles. The van der Waals surface area contributed by atoms with Crippen molar-refractivity contribution in [1.29, 1.82) is 0 Å². The average molecular weight is 343 g/mol. The Balaban J connectivity index is 1.87. The molecular formula is C19H27N4O2+. The topological polar surface area (TPSA) is 60.6 Å². The number of carbonyl (C=O) groups is 1. The van der Waals surface area contributed by atoms with Crippen LogP contribution in [0.4, 0.5) is 5.69 Å². The molecule has 1 atom stereocenters. The van der Waals surface area contributed by atoms with E-state index in [2.05, 4.69) is 17.0 Å². The summed E-state index contributed by atoms with van der Waals surface area (Å²) in [6.07, 6.45) is 1.72. The van der Waals surface area contributed by atoms with Crippen molar-refractivity contribution in [2.45, 2.75) is 20.4 Å². The normalized spacial score (nSPS) is 11.8. The summed E-state index contributed by atoms with van der Waals surface area (Å²) >= 11 is 0. The Hall–Kier alpha value is -2.60. The van der Waals surface area contributed by atoms with Crippen LogP contribution in [0.25, 0.3) is 0 Å². The van der Waals surface area contributed by atoms with E-state index in [1.54, 1.807) is 10.8 Å². The Morgan fingerprint density at radius 2 is 2.04 bits per heavy atom. The van der Waals surface area contributed by atoms with E-state index >= 15 is 0 Å². The van der Waals surface area contributed by atoms with Gasteiger partial charge in [-0.05, 0) is 38.1 Å². The predicted octanol–water partition coefficient (Wildman–Crippen LogP) is 1.26. The van der Waals surface area contributed by atoms with Crippen LogP contribution < -0.4 is 15.0 Å². The number of hydrogen-bond donors (Lipinski definition) is 2. The first-order valence-electron chi connectivity index (χ1n) is 8.34. The lowest BCUT2D eigenvalue weighted by atomic mass is 10.2. The molecule has 6 heteroatoms. The second-order valence-corrected chi connectivity index (χ2v) is 6.27. The third-order valence-corrected chi connectivity index (χ3v) is 4.03. The van der Waals surface area contributed by atoms with E-state index < -0.39 is 0 Å². The fraction of sp³-hybridized carbons (Fsp3) is 0.368. The average Bonchev–Trinajstić information content (AvgIpc) is 2.80. The minimum Gasteiger partial charge on any atom is -0.490 e. The maximum atomic E-state index is 12.3. The Labute approximate surface area is 149 Å². The summed E-state index contributed by atoms with van der Waals surface area (Å²) in [5.74, 6) is 0.809. The van der Waals surface area contributed by atoms with Gasteiger partial charge in [0.25, 0.3) is 5.91 Å². The van der Waals surface area contributed by atoms with Crippen molar-refractivity contribution in [2.75, 3.05) is 25.5 Å². The molecule has 0 fully saturated rings. The van der Waals surface area contributed by atoms with E-state index in [1.807, 2.05) is 52.2 Å². The SMILES string of the molecule is C=CCOc1ccc(C[NH+](C)CC(=O)Nc2c(C)nn(C)c2C)cc1. The smallest absolute Gasteiger partial charge is 0.279 e. The molecule has 6 nitrogen and oxygen atoms in total. The number of benzene rings is 1. The van der Waals surface area contributed by atoms with Gasteiger partial charge in [0.1, 0.15) is 18.9 Å². The van der Waals surface area contributed by atoms with E-state index in [0.29, 0.717) is 13.2 Å². The quantitative estimate of drug-likeness (QED) is 0.710. The first-order chi connectivity index (χ1) is 11.9. The predicted molar refractivity (Wildman–Crippen MR) is 98.9 cm³/mol. The number of carbonyl (C=O) groups excluding carboxylic acids is 1. The van der Waals surface area contributed by atoms with Crippen LogP contribution in [-0.2, 0) is 18.4 Å². The molecule has 1 unspecified atom stereocenters. The van der Waals surface area contributed by atoms with Gasteiger partial charge in [0.15, 0.2) is 6.54 Å². The summed E-state index contributed by atoms with van der Waals surface area (Å²) in [7, 11) is 3.88. The maximum absolute atomic E-state index is 12.3. The van der Waals surface area contributed by atoms with Crippen molar-refractivity contribution in [3.05, 3.63) is 53.9 Å². The highest BCUT2D eigenvalue weighted by Gasteiger charge is 2.15. The van der Waals surface area contributed by atoms with Crippen molar-refractivity contribution in [2.24, 2.45) is 7.05 Å². The lowest BCUT2D eigenvalue weighted by Crippen LogP contribution is -3.08. The fourth-order valence-electron chi connectivity index (χ4n) is 2.68. The molecule has 1 amide bonds. The monoisotopic (exact) mass is 343 g/mol. The molecule has 0 aliphatic heterocycles. The van der Waals surface area contributed by atoms with E-state index in [9.17, 15) is 4.79 Å². The highest BCUT2D eigenvalue weighted by Crippen LogP contribution is 2.17. The number of ether oxygens (including phenoxy) is 1. The Morgan fingerprint density at radius 1 is 1.36 bits per heavy atom. The van der Waals surface area contributed by atoms with Crippen LogP contribution in [0.15, 0.2) is 36.9 Å². The van der Waals surface area contributed by atoms with Crippen LogP contribution in [-0.4, -0.2) is 35.9 Å². The van der Waals surface area contributed by atoms with E-state index in [-0.39, 0.29) is 5.91 Å². The first-order valence-corrected chi connectivity index (χ1v) is 8.34. The van der Waals surface area contributed by atoms with Gasteiger partial charge >= 0.3 is 0 Å². The summed E-state index contributed by atoms with van der Waals surface area (Å²) in [5.41, 5.74) is 3.76. The van der Waals surface area contributed by atoms with Gasteiger partial charge in [-0.15, -0.1) is 0 Å².